The molecule has 0 unspecified atom stereocenters. The van der Waals surface area contributed by atoms with Gasteiger partial charge < -0.3 is 19.2 Å². The third-order valence-corrected chi connectivity index (χ3v) is 3.22. The Kier molecular flexibility index (Phi) is 2.41. The molecule has 0 atom stereocenters. The van der Waals surface area contributed by atoms with E-state index in [9.17, 15) is 9.59 Å². The summed E-state index contributed by atoms with van der Waals surface area (Å²) in [5.41, 5.74) is 0.138. The summed E-state index contributed by atoms with van der Waals surface area (Å²) in [6, 6.07) is 0. The molecule has 1 aromatic rings. The first kappa shape index (κ1) is 11.3. The number of hydrogen-bond acceptors (Lipinski definition) is 5. The van der Waals surface area contributed by atoms with E-state index in [-0.39, 0.29) is 23.6 Å². The minimum atomic E-state index is -0.529. The summed E-state index contributed by atoms with van der Waals surface area (Å²) in [6.45, 7) is 2.94. The summed E-state index contributed by atoms with van der Waals surface area (Å²) in [6.07, 6.45) is 1.84. The van der Waals surface area contributed by atoms with E-state index < -0.39 is 5.97 Å². The van der Waals surface area contributed by atoms with Crippen molar-refractivity contribution in [2.24, 2.45) is 0 Å². The van der Waals surface area contributed by atoms with Crippen LogP contribution in [-0.4, -0.2) is 37.2 Å². The Balaban J connectivity index is 1.94. The first-order valence-electron chi connectivity index (χ1n) is 5.83. The number of ether oxygens (including phenoxy) is 2. The third kappa shape index (κ3) is 1.53. The van der Waals surface area contributed by atoms with Gasteiger partial charge in [-0.2, -0.15) is 0 Å². The van der Waals surface area contributed by atoms with Crippen LogP contribution in [0.1, 0.15) is 33.4 Å². The van der Waals surface area contributed by atoms with Crippen molar-refractivity contribution >= 4 is 11.9 Å². The Bertz CT molecular complexity index is 515. The summed E-state index contributed by atoms with van der Waals surface area (Å²) >= 11 is 0. The number of carbonyl (C=O) groups is 2. The first-order valence-corrected chi connectivity index (χ1v) is 5.83. The van der Waals surface area contributed by atoms with E-state index in [1.54, 1.807) is 6.92 Å². The third-order valence-electron chi connectivity index (χ3n) is 3.22. The molecule has 96 valence electrons. The lowest BCUT2D eigenvalue weighted by Gasteiger charge is -2.43. The molecule has 0 aromatic carbocycles. The molecule has 2 aliphatic heterocycles. The van der Waals surface area contributed by atoms with Gasteiger partial charge in [0.15, 0.2) is 0 Å². The van der Waals surface area contributed by atoms with Gasteiger partial charge in [-0.05, 0) is 6.92 Å². The standard InChI is InChI=1S/C12H13NO5/c1-2-17-11(15)7-4-18-8-3-12(5-16-6-12)13-10(14)9(7)8/h4H,2-3,5-6H2,1H3,(H,13,14). The number of carbonyl (C=O) groups excluding carboxylic acids is 2. The zero-order valence-corrected chi connectivity index (χ0v) is 9.95. The predicted molar refractivity (Wildman–Crippen MR) is 59.4 cm³/mol. The first-order chi connectivity index (χ1) is 8.65. The van der Waals surface area contributed by atoms with Crippen molar-refractivity contribution in [1.82, 2.24) is 5.32 Å². The Morgan fingerprint density at radius 3 is 2.94 bits per heavy atom. The highest BCUT2D eigenvalue weighted by molar-refractivity contribution is 6.07. The minimum Gasteiger partial charge on any atom is -0.467 e. The second-order valence-corrected chi connectivity index (χ2v) is 4.57. The van der Waals surface area contributed by atoms with Gasteiger partial charge in [-0.25, -0.2) is 4.79 Å². The molecule has 1 amide bonds. The van der Waals surface area contributed by atoms with Crippen LogP contribution in [0.5, 0.6) is 0 Å². The van der Waals surface area contributed by atoms with E-state index in [0.717, 1.165) is 0 Å². The molecule has 18 heavy (non-hydrogen) atoms. The number of hydrogen-bond donors (Lipinski definition) is 1. The average Bonchev–Trinajstić information content (AvgIpc) is 2.71. The molecule has 6 heteroatoms. The fraction of sp³-hybridized carbons (Fsp3) is 0.500. The molecule has 0 saturated carbocycles. The lowest BCUT2D eigenvalue weighted by Crippen LogP contribution is -2.65. The lowest BCUT2D eigenvalue weighted by molar-refractivity contribution is -0.0732. The summed E-state index contributed by atoms with van der Waals surface area (Å²) < 4.78 is 15.4. The molecule has 1 spiro atoms. The van der Waals surface area contributed by atoms with Crippen molar-refractivity contribution in [3.63, 3.8) is 0 Å². The number of amides is 1. The molecular weight excluding hydrogens is 238 g/mol. The van der Waals surface area contributed by atoms with Crippen LogP contribution in [-0.2, 0) is 15.9 Å². The van der Waals surface area contributed by atoms with Crippen LogP contribution in [0.4, 0.5) is 0 Å². The van der Waals surface area contributed by atoms with Crippen molar-refractivity contribution in [1.29, 1.82) is 0 Å². The van der Waals surface area contributed by atoms with E-state index in [2.05, 4.69) is 5.32 Å². The molecule has 2 aliphatic rings. The van der Waals surface area contributed by atoms with Gasteiger partial charge in [-0.15, -0.1) is 0 Å². The molecule has 0 radical (unpaired) electrons. The molecule has 3 rings (SSSR count). The molecule has 1 fully saturated rings. The normalized spacial score (nSPS) is 19.9. The fourth-order valence-corrected chi connectivity index (χ4v) is 2.31. The van der Waals surface area contributed by atoms with Gasteiger partial charge in [0.05, 0.1) is 30.9 Å². The maximum Gasteiger partial charge on any atom is 0.342 e. The molecule has 1 aromatic heterocycles. The lowest BCUT2D eigenvalue weighted by atomic mass is 9.86. The van der Waals surface area contributed by atoms with E-state index in [0.29, 0.717) is 31.0 Å². The largest absolute Gasteiger partial charge is 0.467 e. The SMILES string of the molecule is CCOC(=O)c1coc2c1C(=O)NC1(COC1)C2. The zero-order valence-electron chi connectivity index (χ0n) is 9.95. The number of fused-ring (bicyclic) bond motifs is 1. The van der Waals surface area contributed by atoms with Gasteiger partial charge in [0.25, 0.3) is 5.91 Å². The minimum absolute atomic E-state index is 0.194. The number of furan rings is 1. The molecule has 1 saturated heterocycles. The van der Waals surface area contributed by atoms with E-state index >= 15 is 0 Å². The van der Waals surface area contributed by atoms with Crippen LogP contribution >= 0.6 is 0 Å². The summed E-state index contributed by atoms with van der Waals surface area (Å²) in [4.78, 5) is 23.7. The van der Waals surface area contributed by atoms with E-state index in [4.69, 9.17) is 13.9 Å². The van der Waals surface area contributed by atoms with Gasteiger partial charge >= 0.3 is 5.97 Å². The average molecular weight is 251 g/mol. The molecule has 0 aliphatic carbocycles. The molecular formula is C12H13NO5. The number of esters is 1. The second-order valence-electron chi connectivity index (χ2n) is 4.57. The van der Waals surface area contributed by atoms with Gasteiger partial charge in [0, 0.05) is 6.42 Å². The highest BCUT2D eigenvalue weighted by Crippen LogP contribution is 2.31. The molecule has 1 N–H and O–H groups in total. The highest BCUT2D eigenvalue weighted by Gasteiger charge is 2.47. The summed E-state index contributed by atoms with van der Waals surface area (Å²) in [5, 5.41) is 2.88. The maximum absolute atomic E-state index is 12.1. The van der Waals surface area contributed by atoms with Gasteiger partial charge in [-0.3, -0.25) is 4.79 Å². The fourth-order valence-electron chi connectivity index (χ4n) is 2.31. The smallest absolute Gasteiger partial charge is 0.342 e. The van der Waals surface area contributed by atoms with Gasteiger partial charge in [0.2, 0.25) is 0 Å². The van der Waals surface area contributed by atoms with E-state index in [1.807, 2.05) is 0 Å². The van der Waals surface area contributed by atoms with Crippen LogP contribution < -0.4 is 5.32 Å². The Morgan fingerprint density at radius 2 is 2.33 bits per heavy atom. The highest BCUT2D eigenvalue weighted by atomic mass is 16.5. The van der Waals surface area contributed by atoms with Crippen molar-refractivity contribution in [3.05, 3.63) is 23.2 Å². The van der Waals surface area contributed by atoms with Gasteiger partial charge in [0.1, 0.15) is 17.6 Å². The zero-order chi connectivity index (χ0) is 12.8. The number of nitrogens with one attached hydrogen (secondary N) is 1. The topological polar surface area (TPSA) is 77.8 Å². The van der Waals surface area contributed by atoms with Crippen molar-refractivity contribution in [3.8, 4) is 0 Å². The summed E-state index contributed by atoms with van der Waals surface area (Å²) in [5.74, 6) is -0.292. The predicted octanol–water partition coefficient (Wildman–Crippen LogP) is 0.511. The van der Waals surface area contributed by atoms with Crippen LogP contribution in [0, 0.1) is 0 Å². The van der Waals surface area contributed by atoms with Gasteiger partial charge in [-0.1, -0.05) is 0 Å². The monoisotopic (exact) mass is 251 g/mol. The molecule has 0 bridgehead atoms. The Hall–Kier alpha value is -1.82. The van der Waals surface area contributed by atoms with Crippen LogP contribution in [0.3, 0.4) is 0 Å². The second kappa shape index (κ2) is 3.84. The van der Waals surface area contributed by atoms with Crippen molar-refractivity contribution in [2.75, 3.05) is 19.8 Å². The Labute approximate surface area is 103 Å². The maximum atomic E-state index is 12.1. The van der Waals surface area contributed by atoms with Crippen LogP contribution in [0.25, 0.3) is 0 Å². The Morgan fingerprint density at radius 1 is 1.56 bits per heavy atom. The van der Waals surface area contributed by atoms with Crippen LogP contribution in [0.2, 0.25) is 0 Å². The van der Waals surface area contributed by atoms with Crippen molar-refractivity contribution < 1.29 is 23.5 Å². The molecule has 3 heterocycles. The van der Waals surface area contributed by atoms with Crippen molar-refractivity contribution in [2.45, 2.75) is 18.9 Å². The summed E-state index contributed by atoms with van der Waals surface area (Å²) in [7, 11) is 0. The van der Waals surface area contributed by atoms with Crippen LogP contribution in [0.15, 0.2) is 10.7 Å². The molecule has 6 nitrogen and oxygen atoms in total. The van der Waals surface area contributed by atoms with E-state index in [1.165, 1.54) is 6.26 Å². The number of rotatable bonds is 2. The quantitative estimate of drug-likeness (QED) is 0.775.